The van der Waals surface area contributed by atoms with E-state index in [0.717, 1.165) is 18.4 Å². The van der Waals surface area contributed by atoms with Crippen molar-refractivity contribution >= 4 is 34.3 Å². The zero-order valence-electron chi connectivity index (χ0n) is 18.4. The number of allylic oxidation sites excluding steroid dienone is 2. The van der Waals surface area contributed by atoms with E-state index in [0.29, 0.717) is 24.4 Å². The van der Waals surface area contributed by atoms with E-state index < -0.39 is 5.91 Å². The molecule has 8 nitrogen and oxygen atoms in total. The molecule has 1 atom stereocenters. The van der Waals surface area contributed by atoms with Gasteiger partial charge in [-0.05, 0) is 49.1 Å². The third kappa shape index (κ3) is 4.67. The van der Waals surface area contributed by atoms with Crippen molar-refractivity contribution in [2.45, 2.75) is 32.4 Å². The first kappa shape index (κ1) is 22.7. The number of rotatable bonds is 5. The summed E-state index contributed by atoms with van der Waals surface area (Å²) in [5.41, 5.74) is 1.75. The molecule has 4 rings (SSSR count). The van der Waals surface area contributed by atoms with Gasteiger partial charge < -0.3 is 9.30 Å². The van der Waals surface area contributed by atoms with Crippen LogP contribution in [0.2, 0.25) is 0 Å². The zero-order chi connectivity index (χ0) is 23.4. The van der Waals surface area contributed by atoms with Crippen LogP contribution in [0.4, 0.5) is 0 Å². The van der Waals surface area contributed by atoms with Crippen LogP contribution in [0.1, 0.15) is 24.0 Å². The maximum absolute atomic E-state index is 13.3. The number of nitrogens with zero attached hydrogens (tertiary/aromatic N) is 5. The summed E-state index contributed by atoms with van der Waals surface area (Å²) in [5.74, 6) is -0.508. The molecular formula is C24H23N5O3S. The van der Waals surface area contributed by atoms with Gasteiger partial charge in [0, 0.05) is 18.9 Å². The number of carbonyl (C=O) groups is 1. The Labute approximate surface area is 194 Å². The van der Waals surface area contributed by atoms with Crippen molar-refractivity contribution in [3.63, 3.8) is 0 Å². The van der Waals surface area contributed by atoms with Crippen LogP contribution in [0.3, 0.4) is 0 Å². The molecule has 1 saturated heterocycles. The molecule has 0 radical (unpaired) electrons. The van der Waals surface area contributed by atoms with Gasteiger partial charge in [0.05, 0.1) is 23.6 Å². The standard InChI is InChI=1S/C24H23N5O3S/c1-16-7-5-10-28-21(16)27-23-19(24(28)31)13-17(14-25)22(26-20(30)9-3-4-12-33-2)29(23)15-18-8-6-11-32-18/h3-5,7,9-10,12-13,18H,6,8,11,15H2,1-2H3/b9-3-,12-4+,26-22?. The third-order valence-electron chi connectivity index (χ3n) is 5.42. The van der Waals surface area contributed by atoms with E-state index in [1.165, 1.54) is 28.3 Å². The Morgan fingerprint density at radius 3 is 3.00 bits per heavy atom. The minimum absolute atomic E-state index is 0.117. The number of carbonyl (C=O) groups excluding carboxylic acids is 1. The molecule has 0 spiro atoms. The molecule has 1 aliphatic heterocycles. The number of aromatic nitrogens is 3. The SMILES string of the molecule is CS/C=C/C=C\C(=O)N=c1c(C#N)cc2c(=O)n3cccc(C)c3nc2n1CC1CCCO1. The predicted molar refractivity (Wildman–Crippen MR) is 128 cm³/mol. The van der Waals surface area contributed by atoms with Crippen molar-refractivity contribution in [3.05, 3.63) is 75.0 Å². The van der Waals surface area contributed by atoms with E-state index in [-0.39, 0.29) is 28.1 Å². The summed E-state index contributed by atoms with van der Waals surface area (Å²) in [6.45, 7) is 2.86. The van der Waals surface area contributed by atoms with Crippen LogP contribution in [0.15, 0.2) is 57.8 Å². The van der Waals surface area contributed by atoms with E-state index in [1.807, 2.05) is 24.7 Å². The molecule has 1 fully saturated rings. The molecule has 0 aliphatic carbocycles. The molecule has 0 aromatic carbocycles. The second kappa shape index (κ2) is 9.98. The van der Waals surface area contributed by atoms with E-state index in [4.69, 9.17) is 9.72 Å². The first-order valence-corrected chi connectivity index (χ1v) is 11.8. The fraction of sp³-hybridized carbons (Fsp3) is 0.292. The van der Waals surface area contributed by atoms with Crippen LogP contribution in [-0.4, -0.2) is 38.8 Å². The first-order valence-electron chi connectivity index (χ1n) is 10.6. The number of hydrogen-bond acceptors (Lipinski definition) is 6. The van der Waals surface area contributed by atoms with Crippen LogP contribution in [-0.2, 0) is 16.1 Å². The monoisotopic (exact) mass is 461 g/mol. The summed E-state index contributed by atoms with van der Waals surface area (Å²) in [6, 6.07) is 7.22. The molecule has 1 unspecified atom stereocenters. The van der Waals surface area contributed by atoms with E-state index in [9.17, 15) is 14.9 Å². The summed E-state index contributed by atoms with van der Waals surface area (Å²) in [6.07, 6.45) is 9.89. The van der Waals surface area contributed by atoms with Gasteiger partial charge >= 0.3 is 0 Å². The van der Waals surface area contributed by atoms with Crippen LogP contribution in [0, 0.1) is 18.3 Å². The van der Waals surface area contributed by atoms with Gasteiger partial charge in [0.1, 0.15) is 17.4 Å². The van der Waals surface area contributed by atoms with Gasteiger partial charge in [-0.15, -0.1) is 11.8 Å². The summed E-state index contributed by atoms with van der Waals surface area (Å²) >= 11 is 1.51. The number of nitriles is 1. The lowest BCUT2D eigenvalue weighted by molar-refractivity contribution is -0.113. The Hall–Kier alpha value is -3.48. The Bertz CT molecular complexity index is 1450. The summed E-state index contributed by atoms with van der Waals surface area (Å²) in [7, 11) is 0. The number of thioether (sulfide) groups is 1. The smallest absolute Gasteiger partial charge is 0.271 e. The molecule has 168 valence electrons. The molecule has 1 aliphatic rings. The molecule has 1 amide bonds. The van der Waals surface area contributed by atoms with Crippen molar-refractivity contribution in [2.24, 2.45) is 4.99 Å². The summed E-state index contributed by atoms with van der Waals surface area (Å²) < 4.78 is 8.96. The van der Waals surface area contributed by atoms with Crippen molar-refractivity contribution in [3.8, 4) is 6.07 Å². The highest BCUT2D eigenvalue weighted by Gasteiger charge is 2.21. The highest BCUT2D eigenvalue weighted by Crippen LogP contribution is 2.17. The fourth-order valence-electron chi connectivity index (χ4n) is 3.86. The average Bonchev–Trinajstić information content (AvgIpc) is 3.32. The molecule has 4 heterocycles. The van der Waals surface area contributed by atoms with Crippen molar-refractivity contribution in [1.82, 2.24) is 14.0 Å². The quantitative estimate of drug-likeness (QED) is 0.329. The zero-order valence-corrected chi connectivity index (χ0v) is 19.2. The number of amides is 1. The van der Waals surface area contributed by atoms with Crippen molar-refractivity contribution in [1.29, 1.82) is 5.26 Å². The van der Waals surface area contributed by atoms with Crippen LogP contribution < -0.4 is 11.0 Å². The molecule has 33 heavy (non-hydrogen) atoms. The van der Waals surface area contributed by atoms with Gasteiger partial charge in [-0.1, -0.05) is 18.2 Å². The summed E-state index contributed by atoms with van der Waals surface area (Å²) in [5, 5.41) is 12.0. The first-order chi connectivity index (χ1) is 16.0. The Balaban J connectivity index is 2.02. The maximum Gasteiger partial charge on any atom is 0.271 e. The van der Waals surface area contributed by atoms with Gasteiger partial charge in [-0.25, -0.2) is 4.98 Å². The minimum Gasteiger partial charge on any atom is -0.376 e. The normalized spacial score (nSPS) is 17.0. The van der Waals surface area contributed by atoms with Gasteiger partial charge in [0.2, 0.25) is 0 Å². The highest BCUT2D eigenvalue weighted by molar-refractivity contribution is 8.01. The molecule has 0 N–H and O–H groups in total. The lowest BCUT2D eigenvalue weighted by Gasteiger charge is -2.17. The number of fused-ring (bicyclic) bond motifs is 2. The molecule has 9 heteroatoms. The number of pyridine rings is 2. The third-order valence-corrected chi connectivity index (χ3v) is 5.85. The van der Waals surface area contributed by atoms with E-state index in [1.54, 1.807) is 29.0 Å². The maximum atomic E-state index is 13.3. The number of ether oxygens (including phenoxy) is 1. The van der Waals surface area contributed by atoms with Crippen molar-refractivity contribution in [2.75, 3.05) is 12.9 Å². The second-order valence-electron chi connectivity index (χ2n) is 7.65. The minimum atomic E-state index is -0.508. The topological polar surface area (TPSA) is 102 Å². The van der Waals surface area contributed by atoms with Crippen LogP contribution in [0.5, 0.6) is 0 Å². The van der Waals surface area contributed by atoms with Gasteiger partial charge in [0.25, 0.3) is 11.5 Å². The fourth-order valence-corrected chi connectivity index (χ4v) is 4.11. The Kier molecular flexibility index (Phi) is 6.87. The second-order valence-corrected chi connectivity index (χ2v) is 8.40. The average molecular weight is 462 g/mol. The van der Waals surface area contributed by atoms with E-state index >= 15 is 0 Å². The molecular weight excluding hydrogens is 438 g/mol. The lowest BCUT2D eigenvalue weighted by Crippen LogP contribution is -2.32. The summed E-state index contributed by atoms with van der Waals surface area (Å²) in [4.78, 5) is 34.8. The van der Waals surface area contributed by atoms with Gasteiger partial charge in [0.15, 0.2) is 5.49 Å². The van der Waals surface area contributed by atoms with Gasteiger partial charge in [-0.3, -0.25) is 14.0 Å². The predicted octanol–water partition coefficient (Wildman–Crippen LogP) is 2.87. The number of aryl methyl sites for hydroxylation is 1. The molecule has 0 saturated carbocycles. The largest absolute Gasteiger partial charge is 0.376 e. The lowest BCUT2D eigenvalue weighted by atomic mass is 10.2. The highest BCUT2D eigenvalue weighted by atomic mass is 32.2. The van der Waals surface area contributed by atoms with Crippen molar-refractivity contribution < 1.29 is 9.53 Å². The van der Waals surface area contributed by atoms with Crippen LogP contribution in [0.25, 0.3) is 16.7 Å². The molecule has 3 aromatic heterocycles. The number of hydrogen-bond donors (Lipinski definition) is 0. The van der Waals surface area contributed by atoms with Crippen LogP contribution >= 0.6 is 11.8 Å². The Morgan fingerprint density at radius 2 is 2.27 bits per heavy atom. The molecule has 3 aromatic rings. The molecule has 0 bridgehead atoms. The van der Waals surface area contributed by atoms with Gasteiger partial charge in [-0.2, -0.15) is 10.3 Å². The Morgan fingerprint density at radius 1 is 1.42 bits per heavy atom. The van der Waals surface area contributed by atoms with E-state index in [2.05, 4.69) is 11.1 Å².